The van der Waals surface area contributed by atoms with Crippen LogP contribution in [-0.4, -0.2) is 40.2 Å². The van der Waals surface area contributed by atoms with Crippen LogP contribution in [0.25, 0.3) is 0 Å². The maximum absolute atomic E-state index is 11.8. The van der Waals surface area contributed by atoms with Crippen molar-refractivity contribution < 1.29 is 9.90 Å². The number of hydrogen-bond donors (Lipinski definition) is 3. The minimum Gasteiger partial charge on any atom is -0.394 e. The first-order valence-electron chi connectivity index (χ1n) is 6.56. The Hall–Kier alpha value is -1.69. The molecule has 1 aliphatic heterocycles. The van der Waals surface area contributed by atoms with Gasteiger partial charge in [0.1, 0.15) is 17.3 Å². The smallest absolute Gasteiger partial charge is 0.270 e. The number of carbonyl (C=O) groups is 1. The zero-order valence-electron chi connectivity index (χ0n) is 11.5. The summed E-state index contributed by atoms with van der Waals surface area (Å²) in [6.45, 7) is 6.44. The van der Waals surface area contributed by atoms with Crippen molar-refractivity contribution in [3.05, 3.63) is 17.1 Å². The summed E-state index contributed by atoms with van der Waals surface area (Å²) in [7, 11) is 0. The molecule has 1 unspecified atom stereocenters. The lowest BCUT2D eigenvalue weighted by Gasteiger charge is -2.24. The summed E-state index contributed by atoms with van der Waals surface area (Å²) in [5.41, 5.74) is 1.29. The van der Waals surface area contributed by atoms with E-state index in [0.717, 1.165) is 5.56 Å². The van der Waals surface area contributed by atoms with Crippen LogP contribution in [-0.2, 0) is 6.42 Å². The van der Waals surface area contributed by atoms with Gasteiger partial charge in [0, 0.05) is 12.1 Å². The minimum absolute atomic E-state index is 0.0295. The lowest BCUT2D eigenvalue weighted by molar-refractivity contribution is 0.0940. The fourth-order valence-electron chi connectivity index (χ4n) is 2.12. The van der Waals surface area contributed by atoms with Gasteiger partial charge in [-0.25, -0.2) is 9.97 Å². The summed E-state index contributed by atoms with van der Waals surface area (Å²) in [6, 6.07) is -0.0802. The van der Waals surface area contributed by atoms with Crippen molar-refractivity contribution in [2.45, 2.75) is 33.2 Å². The van der Waals surface area contributed by atoms with Gasteiger partial charge in [-0.05, 0) is 19.3 Å². The average molecular weight is 264 g/mol. The van der Waals surface area contributed by atoms with Crippen molar-refractivity contribution in [1.82, 2.24) is 15.3 Å². The fourth-order valence-corrected chi connectivity index (χ4v) is 2.12. The summed E-state index contributed by atoms with van der Waals surface area (Å²) in [4.78, 5) is 20.4. The number of carbonyl (C=O) groups excluding carboxylic acids is 1. The van der Waals surface area contributed by atoms with Crippen LogP contribution in [0.4, 0.5) is 5.82 Å². The van der Waals surface area contributed by atoms with Crippen LogP contribution in [0.15, 0.2) is 0 Å². The molecule has 0 aliphatic carbocycles. The van der Waals surface area contributed by atoms with E-state index in [9.17, 15) is 9.90 Å². The van der Waals surface area contributed by atoms with E-state index >= 15 is 0 Å². The molecule has 19 heavy (non-hydrogen) atoms. The van der Waals surface area contributed by atoms with Crippen LogP contribution in [0.2, 0.25) is 0 Å². The van der Waals surface area contributed by atoms with Gasteiger partial charge < -0.3 is 15.7 Å². The van der Waals surface area contributed by atoms with Crippen molar-refractivity contribution in [3.8, 4) is 0 Å². The van der Waals surface area contributed by atoms with Gasteiger partial charge in [0.2, 0.25) is 0 Å². The molecule has 1 aromatic heterocycles. The van der Waals surface area contributed by atoms with E-state index in [1.165, 1.54) is 0 Å². The number of aryl methyl sites for hydroxylation is 1. The number of hydrogen-bond acceptors (Lipinski definition) is 5. The van der Waals surface area contributed by atoms with Crippen molar-refractivity contribution >= 4 is 11.7 Å². The lowest BCUT2D eigenvalue weighted by Crippen LogP contribution is -2.36. The van der Waals surface area contributed by atoms with Gasteiger partial charge in [-0.1, -0.05) is 13.8 Å². The predicted octanol–water partition coefficient (Wildman–Crippen LogP) is 0.500. The first-order chi connectivity index (χ1) is 9.02. The molecule has 0 saturated carbocycles. The molecule has 0 saturated heterocycles. The normalized spacial score (nSPS) is 15.9. The topological polar surface area (TPSA) is 87.1 Å². The van der Waals surface area contributed by atoms with Crippen LogP contribution in [0.5, 0.6) is 0 Å². The van der Waals surface area contributed by atoms with Gasteiger partial charge in [0.25, 0.3) is 5.91 Å². The highest BCUT2D eigenvalue weighted by Gasteiger charge is 2.24. The molecular formula is C13H20N4O2. The molecule has 1 aliphatic rings. The quantitative estimate of drug-likeness (QED) is 0.737. The molecule has 0 radical (unpaired) electrons. The molecule has 6 nitrogen and oxygen atoms in total. The average Bonchev–Trinajstić information content (AvgIpc) is 2.36. The lowest BCUT2D eigenvalue weighted by atomic mass is 10.0. The molecule has 2 heterocycles. The number of aliphatic hydroxyl groups is 1. The minimum atomic E-state index is -0.153. The van der Waals surface area contributed by atoms with Crippen LogP contribution in [0, 0.1) is 12.8 Å². The summed E-state index contributed by atoms with van der Waals surface area (Å²) in [5, 5.41) is 15.4. The molecule has 0 fully saturated rings. The zero-order valence-corrected chi connectivity index (χ0v) is 11.5. The van der Waals surface area contributed by atoms with E-state index in [2.05, 4.69) is 20.6 Å². The first-order valence-corrected chi connectivity index (χ1v) is 6.56. The Kier molecular flexibility index (Phi) is 3.99. The van der Waals surface area contributed by atoms with E-state index in [1.807, 2.05) is 13.8 Å². The number of anilines is 1. The van der Waals surface area contributed by atoms with Crippen molar-refractivity contribution in [3.63, 3.8) is 0 Å². The Morgan fingerprint density at radius 2 is 2.16 bits per heavy atom. The highest BCUT2D eigenvalue weighted by Crippen LogP contribution is 2.22. The molecule has 1 amide bonds. The molecule has 3 N–H and O–H groups in total. The van der Waals surface area contributed by atoms with Crippen molar-refractivity contribution in [1.29, 1.82) is 0 Å². The molecule has 1 atom stereocenters. The van der Waals surface area contributed by atoms with Crippen LogP contribution in [0.1, 0.15) is 35.7 Å². The highest BCUT2D eigenvalue weighted by molar-refractivity contribution is 5.95. The van der Waals surface area contributed by atoms with E-state index in [0.29, 0.717) is 30.3 Å². The molecule has 6 heteroatoms. The highest BCUT2D eigenvalue weighted by atomic mass is 16.3. The van der Waals surface area contributed by atoms with Gasteiger partial charge in [0.05, 0.1) is 12.6 Å². The Bertz CT molecular complexity index is 488. The van der Waals surface area contributed by atoms with Gasteiger partial charge in [-0.2, -0.15) is 0 Å². The van der Waals surface area contributed by atoms with Gasteiger partial charge in [0.15, 0.2) is 0 Å². The van der Waals surface area contributed by atoms with Gasteiger partial charge in [-0.15, -0.1) is 0 Å². The molecule has 0 spiro atoms. The third-order valence-corrected chi connectivity index (χ3v) is 3.32. The summed E-state index contributed by atoms with van der Waals surface area (Å²) >= 11 is 0. The van der Waals surface area contributed by atoms with Crippen molar-refractivity contribution in [2.75, 3.05) is 18.5 Å². The Morgan fingerprint density at radius 3 is 2.79 bits per heavy atom. The first kappa shape index (κ1) is 13.7. The van der Waals surface area contributed by atoms with Gasteiger partial charge in [-0.3, -0.25) is 4.79 Å². The summed E-state index contributed by atoms with van der Waals surface area (Å²) in [5.74, 6) is 1.34. The monoisotopic (exact) mass is 264 g/mol. The second-order valence-corrected chi connectivity index (χ2v) is 5.13. The second-order valence-electron chi connectivity index (χ2n) is 5.13. The summed E-state index contributed by atoms with van der Waals surface area (Å²) < 4.78 is 0. The number of rotatable bonds is 4. The van der Waals surface area contributed by atoms with Gasteiger partial charge >= 0.3 is 0 Å². The SMILES string of the molecule is Cc1nc(NC(CO)C(C)C)c2c(n1)C(=O)NCC2. The van der Waals surface area contributed by atoms with Crippen molar-refractivity contribution in [2.24, 2.45) is 5.92 Å². The molecule has 104 valence electrons. The van der Waals surface area contributed by atoms with E-state index < -0.39 is 0 Å². The third-order valence-electron chi connectivity index (χ3n) is 3.32. The second kappa shape index (κ2) is 5.52. The maximum atomic E-state index is 11.8. The van der Waals surface area contributed by atoms with Crippen LogP contribution < -0.4 is 10.6 Å². The predicted molar refractivity (Wildman–Crippen MR) is 72.1 cm³/mol. The molecule has 0 aromatic carbocycles. The maximum Gasteiger partial charge on any atom is 0.270 e. The number of aromatic nitrogens is 2. The molecule has 2 rings (SSSR count). The third kappa shape index (κ3) is 2.84. The number of aliphatic hydroxyl groups excluding tert-OH is 1. The fraction of sp³-hybridized carbons (Fsp3) is 0.615. The van der Waals surface area contributed by atoms with E-state index in [4.69, 9.17) is 0 Å². The standard InChI is InChI=1S/C13H20N4O2/c1-7(2)10(6-18)17-12-9-4-5-14-13(19)11(9)15-8(3)16-12/h7,10,18H,4-6H2,1-3H3,(H,14,19)(H,15,16,17). The number of nitrogens with one attached hydrogen (secondary N) is 2. The number of fused-ring (bicyclic) bond motifs is 1. The summed E-state index contributed by atoms with van der Waals surface area (Å²) in [6.07, 6.45) is 0.708. The molecule has 0 bridgehead atoms. The van der Waals surface area contributed by atoms with E-state index in [-0.39, 0.29) is 24.5 Å². The number of nitrogens with zero attached hydrogens (tertiary/aromatic N) is 2. The number of amides is 1. The van der Waals surface area contributed by atoms with Crippen LogP contribution >= 0.6 is 0 Å². The molecular weight excluding hydrogens is 244 g/mol. The van der Waals surface area contributed by atoms with E-state index in [1.54, 1.807) is 6.92 Å². The Labute approximate surface area is 112 Å². The Morgan fingerprint density at radius 1 is 1.42 bits per heavy atom. The zero-order chi connectivity index (χ0) is 14.0. The van der Waals surface area contributed by atoms with Crippen LogP contribution in [0.3, 0.4) is 0 Å². The largest absolute Gasteiger partial charge is 0.394 e. The molecule has 1 aromatic rings. The Balaban J connectivity index is 2.37.